The third kappa shape index (κ3) is 2.68. The van der Waals surface area contributed by atoms with Gasteiger partial charge in [-0.05, 0) is 23.8 Å². The van der Waals surface area contributed by atoms with E-state index in [1.165, 1.54) is 0 Å². The normalized spacial score (nSPS) is 11.7. The smallest absolute Gasteiger partial charge is 0.0747 e. The van der Waals surface area contributed by atoms with Crippen molar-refractivity contribution in [2.24, 2.45) is 0 Å². The predicted molar refractivity (Wildman–Crippen MR) is 54.8 cm³/mol. The molecule has 0 heterocycles. The van der Waals surface area contributed by atoms with E-state index in [-0.39, 0.29) is 6.61 Å². The first-order chi connectivity index (χ1) is 5.72. The van der Waals surface area contributed by atoms with Gasteiger partial charge < -0.3 is 10.8 Å². The number of aliphatic hydroxyl groups excluding tert-OH is 1. The molecule has 0 atom stereocenters. The third-order valence-electron chi connectivity index (χ3n) is 1.41. The van der Waals surface area contributed by atoms with Gasteiger partial charge in [-0.25, -0.2) is 0 Å². The Morgan fingerprint density at radius 1 is 1.42 bits per heavy atom. The Hall–Kier alpha value is -0.800. The van der Waals surface area contributed by atoms with Crippen molar-refractivity contribution in [2.45, 2.75) is 0 Å². The zero-order valence-electron chi connectivity index (χ0n) is 6.50. The zero-order valence-corrected chi connectivity index (χ0v) is 8.08. The Morgan fingerprint density at radius 2 is 2.00 bits per heavy atom. The quantitative estimate of drug-likeness (QED) is 0.760. The highest BCUT2D eigenvalue weighted by Gasteiger charge is 1.90. The Morgan fingerprint density at radius 3 is 2.50 bits per heavy atom. The van der Waals surface area contributed by atoms with Crippen LogP contribution in [0.2, 0.25) is 0 Å². The number of nitrogens with two attached hydrogens (primary N) is 1. The summed E-state index contributed by atoms with van der Waals surface area (Å²) in [5, 5.41) is 8.71. The van der Waals surface area contributed by atoms with Gasteiger partial charge in [0.1, 0.15) is 0 Å². The molecule has 0 radical (unpaired) electrons. The molecule has 0 saturated heterocycles. The number of rotatable bonds is 2. The Kier molecular flexibility index (Phi) is 3.31. The van der Waals surface area contributed by atoms with E-state index in [0.717, 1.165) is 15.7 Å². The maximum absolute atomic E-state index is 8.71. The lowest BCUT2D eigenvalue weighted by Gasteiger charge is -1.96. The van der Waals surface area contributed by atoms with E-state index in [9.17, 15) is 0 Å². The minimum absolute atomic E-state index is 0.0182. The van der Waals surface area contributed by atoms with E-state index in [4.69, 9.17) is 10.8 Å². The molecule has 0 fully saturated rings. The largest absolute Gasteiger partial charge is 0.399 e. The topological polar surface area (TPSA) is 46.2 Å². The van der Waals surface area contributed by atoms with Crippen molar-refractivity contribution < 1.29 is 5.11 Å². The van der Waals surface area contributed by atoms with Crippen LogP contribution in [0.25, 0.3) is 6.08 Å². The molecule has 2 nitrogen and oxygen atoms in total. The molecule has 0 bridgehead atoms. The standard InChI is InChI=1S/C9H10BrNO/c10-8(6-12)5-7-1-3-9(11)4-2-7/h1-5,12H,6,11H2. The predicted octanol–water partition coefficient (Wildman–Crippen LogP) is 2.00. The molecule has 0 unspecified atom stereocenters. The SMILES string of the molecule is Nc1ccc(C=C(Br)CO)cc1. The van der Waals surface area contributed by atoms with Crippen molar-refractivity contribution in [3.8, 4) is 0 Å². The summed E-state index contributed by atoms with van der Waals surface area (Å²) < 4.78 is 0.757. The Labute approximate surface area is 79.8 Å². The van der Waals surface area contributed by atoms with Crippen LogP contribution >= 0.6 is 15.9 Å². The van der Waals surface area contributed by atoms with Gasteiger partial charge in [-0.1, -0.05) is 28.1 Å². The van der Waals surface area contributed by atoms with Gasteiger partial charge in [0, 0.05) is 10.2 Å². The van der Waals surface area contributed by atoms with Crippen LogP contribution in [0, 0.1) is 0 Å². The number of nitrogen functional groups attached to an aromatic ring is 1. The molecule has 0 saturated carbocycles. The molecule has 0 aliphatic carbocycles. The fourth-order valence-corrected chi connectivity index (χ4v) is 1.08. The average molecular weight is 228 g/mol. The van der Waals surface area contributed by atoms with E-state index in [1.807, 2.05) is 30.3 Å². The van der Waals surface area contributed by atoms with Crippen molar-refractivity contribution in [3.05, 3.63) is 34.3 Å². The maximum atomic E-state index is 8.71. The molecule has 1 aromatic rings. The molecule has 3 N–H and O–H groups in total. The van der Waals surface area contributed by atoms with Crippen LogP contribution in [0.5, 0.6) is 0 Å². The Balaban J connectivity index is 2.84. The molecule has 0 amide bonds. The van der Waals surface area contributed by atoms with Crippen molar-refractivity contribution in [1.29, 1.82) is 0 Å². The Bertz CT molecular complexity index is 279. The van der Waals surface area contributed by atoms with Crippen molar-refractivity contribution in [3.63, 3.8) is 0 Å². The zero-order chi connectivity index (χ0) is 8.97. The number of benzene rings is 1. The van der Waals surface area contributed by atoms with Crippen molar-refractivity contribution >= 4 is 27.7 Å². The van der Waals surface area contributed by atoms with E-state index in [0.29, 0.717) is 0 Å². The number of hydrogen-bond acceptors (Lipinski definition) is 2. The molecule has 0 aliphatic heterocycles. The minimum Gasteiger partial charge on any atom is -0.399 e. The average Bonchev–Trinajstić information content (AvgIpc) is 2.09. The van der Waals surface area contributed by atoms with Crippen LogP contribution < -0.4 is 5.73 Å². The molecular weight excluding hydrogens is 218 g/mol. The summed E-state index contributed by atoms with van der Waals surface area (Å²) in [4.78, 5) is 0. The highest BCUT2D eigenvalue weighted by atomic mass is 79.9. The summed E-state index contributed by atoms with van der Waals surface area (Å²) in [7, 11) is 0. The van der Waals surface area contributed by atoms with Crippen LogP contribution in [0.4, 0.5) is 5.69 Å². The summed E-state index contributed by atoms with van der Waals surface area (Å²) in [6.07, 6.45) is 1.85. The van der Waals surface area contributed by atoms with Gasteiger partial charge in [-0.15, -0.1) is 0 Å². The molecular formula is C9H10BrNO. The number of anilines is 1. The van der Waals surface area contributed by atoms with E-state index >= 15 is 0 Å². The third-order valence-corrected chi connectivity index (χ3v) is 1.89. The van der Waals surface area contributed by atoms with E-state index in [1.54, 1.807) is 0 Å². The lowest BCUT2D eigenvalue weighted by atomic mass is 10.2. The summed E-state index contributed by atoms with van der Waals surface area (Å²) in [6.45, 7) is 0.0182. The van der Waals surface area contributed by atoms with Crippen molar-refractivity contribution in [2.75, 3.05) is 12.3 Å². The summed E-state index contributed by atoms with van der Waals surface area (Å²) >= 11 is 3.21. The van der Waals surface area contributed by atoms with Crippen LogP contribution in [-0.4, -0.2) is 11.7 Å². The second kappa shape index (κ2) is 4.28. The molecule has 0 aliphatic rings. The van der Waals surface area contributed by atoms with Gasteiger partial charge >= 0.3 is 0 Å². The monoisotopic (exact) mass is 227 g/mol. The highest BCUT2D eigenvalue weighted by molar-refractivity contribution is 9.11. The molecule has 12 heavy (non-hydrogen) atoms. The van der Waals surface area contributed by atoms with Gasteiger partial charge in [-0.3, -0.25) is 0 Å². The van der Waals surface area contributed by atoms with E-state index in [2.05, 4.69) is 15.9 Å². The summed E-state index contributed by atoms with van der Waals surface area (Å²) in [6, 6.07) is 7.44. The van der Waals surface area contributed by atoms with Gasteiger partial charge in [0.2, 0.25) is 0 Å². The van der Waals surface area contributed by atoms with Gasteiger partial charge in [-0.2, -0.15) is 0 Å². The molecule has 0 spiro atoms. The first kappa shape index (κ1) is 9.29. The summed E-state index contributed by atoms with van der Waals surface area (Å²) in [5.41, 5.74) is 7.27. The molecule has 0 aromatic heterocycles. The maximum Gasteiger partial charge on any atom is 0.0747 e. The fraction of sp³-hybridized carbons (Fsp3) is 0.111. The van der Waals surface area contributed by atoms with E-state index < -0.39 is 0 Å². The second-order valence-electron chi connectivity index (χ2n) is 2.42. The molecule has 64 valence electrons. The number of halogens is 1. The molecule has 1 rings (SSSR count). The lowest BCUT2D eigenvalue weighted by molar-refractivity contribution is 0.341. The van der Waals surface area contributed by atoms with Crippen LogP contribution in [0.15, 0.2) is 28.7 Å². The second-order valence-corrected chi connectivity index (χ2v) is 3.43. The number of hydrogen-bond donors (Lipinski definition) is 2. The van der Waals surface area contributed by atoms with Crippen LogP contribution in [0.1, 0.15) is 5.56 Å². The summed E-state index contributed by atoms with van der Waals surface area (Å²) in [5.74, 6) is 0. The van der Waals surface area contributed by atoms with Crippen LogP contribution in [-0.2, 0) is 0 Å². The minimum atomic E-state index is 0.0182. The van der Waals surface area contributed by atoms with Gasteiger partial charge in [0.05, 0.1) is 6.61 Å². The lowest BCUT2D eigenvalue weighted by Crippen LogP contribution is -1.84. The first-order valence-corrected chi connectivity index (χ1v) is 4.34. The van der Waals surface area contributed by atoms with Gasteiger partial charge in [0.25, 0.3) is 0 Å². The molecule has 3 heteroatoms. The van der Waals surface area contributed by atoms with Crippen LogP contribution in [0.3, 0.4) is 0 Å². The molecule has 1 aromatic carbocycles. The fourth-order valence-electron chi connectivity index (χ4n) is 0.819. The first-order valence-electron chi connectivity index (χ1n) is 3.55. The van der Waals surface area contributed by atoms with Gasteiger partial charge in [0.15, 0.2) is 0 Å². The van der Waals surface area contributed by atoms with Crippen molar-refractivity contribution in [1.82, 2.24) is 0 Å². The number of aliphatic hydroxyl groups is 1. The highest BCUT2D eigenvalue weighted by Crippen LogP contribution is 2.12.